The molecule has 1 unspecified atom stereocenters. The van der Waals surface area contributed by atoms with E-state index in [2.05, 4.69) is 0 Å². The minimum Gasteiger partial charge on any atom is -0.454 e. The van der Waals surface area contributed by atoms with E-state index in [1.807, 2.05) is 6.92 Å². The molecule has 0 aliphatic carbocycles. The quantitative estimate of drug-likeness (QED) is 0.838. The first kappa shape index (κ1) is 10.4. The van der Waals surface area contributed by atoms with Gasteiger partial charge in [-0.3, -0.25) is 4.79 Å². The van der Waals surface area contributed by atoms with Gasteiger partial charge in [0.2, 0.25) is 6.79 Å². The van der Waals surface area contributed by atoms with Gasteiger partial charge < -0.3 is 19.5 Å². The average Bonchev–Trinajstić information content (AvgIpc) is 2.87. The number of rotatable bonds is 2. The highest BCUT2D eigenvalue weighted by molar-refractivity contribution is 5.99. The fourth-order valence-corrected chi connectivity index (χ4v) is 2.25. The molecule has 90 valence electrons. The van der Waals surface area contributed by atoms with E-state index in [0.717, 1.165) is 6.42 Å². The summed E-state index contributed by atoms with van der Waals surface area (Å²) in [4.78, 5) is 13.5. The zero-order chi connectivity index (χ0) is 12.0. The molecule has 1 aromatic rings. The van der Waals surface area contributed by atoms with Crippen LogP contribution in [0.4, 0.5) is 0 Å². The van der Waals surface area contributed by atoms with Gasteiger partial charge in [-0.2, -0.15) is 0 Å². The van der Waals surface area contributed by atoms with Gasteiger partial charge in [0.25, 0.3) is 5.91 Å². The number of carbonyl (C=O) groups excluding carboxylic acids is 1. The van der Waals surface area contributed by atoms with E-state index in [9.17, 15) is 9.90 Å². The molecule has 2 heterocycles. The molecule has 1 atom stereocenters. The molecule has 1 aromatic carbocycles. The Morgan fingerprint density at radius 2 is 2.12 bits per heavy atom. The molecule has 0 radical (unpaired) electrons. The van der Waals surface area contributed by atoms with Crippen LogP contribution in [-0.4, -0.2) is 29.3 Å². The lowest BCUT2D eigenvalue weighted by Crippen LogP contribution is -2.28. The fraction of sp³-hybridized carbons (Fsp3) is 0.417. The van der Waals surface area contributed by atoms with Crippen LogP contribution in [0.25, 0.3) is 0 Å². The van der Waals surface area contributed by atoms with Crippen molar-refractivity contribution < 1.29 is 19.4 Å². The number of amides is 1. The van der Waals surface area contributed by atoms with E-state index in [1.165, 1.54) is 4.90 Å². The maximum atomic E-state index is 12.1. The van der Waals surface area contributed by atoms with Gasteiger partial charge in [-0.05, 0) is 18.6 Å². The van der Waals surface area contributed by atoms with Crippen molar-refractivity contribution in [3.8, 4) is 11.5 Å². The second-order valence-electron chi connectivity index (χ2n) is 4.16. The van der Waals surface area contributed by atoms with Crippen LogP contribution >= 0.6 is 0 Å². The SMILES string of the molecule is CCCN1C(=O)c2cc3c(cc2C1O)OCO3. The Hall–Kier alpha value is -1.75. The summed E-state index contributed by atoms with van der Waals surface area (Å²) in [6.07, 6.45) is -0.0595. The molecule has 1 amide bonds. The molecule has 0 saturated carbocycles. The lowest BCUT2D eigenvalue weighted by atomic mass is 10.1. The van der Waals surface area contributed by atoms with Crippen LogP contribution in [0.1, 0.15) is 35.5 Å². The highest BCUT2D eigenvalue weighted by Gasteiger charge is 2.37. The third-order valence-electron chi connectivity index (χ3n) is 3.07. The summed E-state index contributed by atoms with van der Waals surface area (Å²) >= 11 is 0. The van der Waals surface area contributed by atoms with Crippen molar-refractivity contribution in [2.45, 2.75) is 19.6 Å². The molecular formula is C12H13NO4. The monoisotopic (exact) mass is 235 g/mol. The van der Waals surface area contributed by atoms with Crippen molar-refractivity contribution in [3.05, 3.63) is 23.3 Å². The average molecular weight is 235 g/mol. The van der Waals surface area contributed by atoms with Gasteiger partial charge in [0.15, 0.2) is 17.7 Å². The molecule has 0 saturated heterocycles. The zero-order valence-corrected chi connectivity index (χ0v) is 9.47. The summed E-state index contributed by atoms with van der Waals surface area (Å²) in [6, 6.07) is 3.34. The Morgan fingerprint density at radius 1 is 1.41 bits per heavy atom. The van der Waals surface area contributed by atoms with Crippen molar-refractivity contribution in [1.82, 2.24) is 4.90 Å². The molecule has 2 aliphatic heterocycles. The highest BCUT2D eigenvalue weighted by Crippen LogP contribution is 2.41. The smallest absolute Gasteiger partial charge is 0.256 e. The minimum absolute atomic E-state index is 0.146. The van der Waals surface area contributed by atoms with Crippen molar-refractivity contribution in [3.63, 3.8) is 0 Å². The molecule has 0 aromatic heterocycles. The van der Waals surface area contributed by atoms with Gasteiger partial charge in [0.1, 0.15) is 0 Å². The Balaban J connectivity index is 2.05. The maximum absolute atomic E-state index is 12.1. The number of aliphatic hydroxyl groups excluding tert-OH is 1. The summed E-state index contributed by atoms with van der Waals surface area (Å²) in [7, 11) is 0. The second-order valence-corrected chi connectivity index (χ2v) is 4.16. The molecule has 2 aliphatic rings. The molecule has 5 heteroatoms. The third kappa shape index (κ3) is 1.39. The largest absolute Gasteiger partial charge is 0.454 e. The van der Waals surface area contributed by atoms with E-state index in [4.69, 9.17) is 9.47 Å². The molecule has 5 nitrogen and oxygen atoms in total. The summed E-state index contributed by atoms with van der Waals surface area (Å²) < 4.78 is 10.5. The normalized spacial score (nSPS) is 20.9. The first-order valence-electron chi connectivity index (χ1n) is 5.65. The van der Waals surface area contributed by atoms with E-state index in [1.54, 1.807) is 12.1 Å². The Kier molecular flexibility index (Phi) is 2.22. The van der Waals surface area contributed by atoms with Crippen molar-refractivity contribution in [1.29, 1.82) is 0 Å². The van der Waals surface area contributed by atoms with Crippen LogP contribution in [0.2, 0.25) is 0 Å². The Bertz CT molecular complexity index is 486. The van der Waals surface area contributed by atoms with Crippen molar-refractivity contribution >= 4 is 5.91 Å². The number of carbonyl (C=O) groups is 1. The standard InChI is InChI=1S/C12H13NO4/c1-2-3-13-11(14)7-4-9-10(17-6-16-9)5-8(7)12(13)15/h4-5,11,14H,2-3,6H2,1H3. The number of hydrogen-bond acceptors (Lipinski definition) is 4. The van der Waals surface area contributed by atoms with Crippen LogP contribution in [0, 0.1) is 0 Å². The second kappa shape index (κ2) is 3.63. The van der Waals surface area contributed by atoms with Crippen LogP contribution < -0.4 is 9.47 Å². The molecular weight excluding hydrogens is 222 g/mol. The number of ether oxygens (including phenoxy) is 2. The number of fused-ring (bicyclic) bond motifs is 2. The molecule has 0 spiro atoms. The van der Waals surface area contributed by atoms with Crippen LogP contribution in [-0.2, 0) is 0 Å². The third-order valence-corrected chi connectivity index (χ3v) is 3.07. The molecule has 0 fully saturated rings. The summed E-state index contributed by atoms with van der Waals surface area (Å²) in [5.74, 6) is 1.02. The lowest BCUT2D eigenvalue weighted by molar-refractivity contribution is 0.0176. The lowest BCUT2D eigenvalue weighted by Gasteiger charge is -2.19. The van der Waals surface area contributed by atoms with Crippen LogP contribution in [0.3, 0.4) is 0 Å². The van der Waals surface area contributed by atoms with Crippen molar-refractivity contribution in [2.24, 2.45) is 0 Å². The Labute approximate surface area is 98.6 Å². The fourth-order valence-electron chi connectivity index (χ4n) is 2.25. The first-order chi connectivity index (χ1) is 8.22. The van der Waals surface area contributed by atoms with E-state index >= 15 is 0 Å². The summed E-state index contributed by atoms with van der Waals surface area (Å²) in [6.45, 7) is 2.68. The maximum Gasteiger partial charge on any atom is 0.256 e. The number of aliphatic hydroxyl groups is 1. The zero-order valence-electron chi connectivity index (χ0n) is 9.47. The predicted molar refractivity (Wildman–Crippen MR) is 58.9 cm³/mol. The number of hydrogen-bond donors (Lipinski definition) is 1. The van der Waals surface area contributed by atoms with Gasteiger partial charge >= 0.3 is 0 Å². The summed E-state index contributed by atoms with van der Waals surface area (Å²) in [5.41, 5.74) is 1.11. The van der Waals surface area contributed by atoms with E-state index in [-0.39, 0.29) is 12.7 Å². The highest BCUT2D eigenvalue weighted by atomic mass is 16.7. The molecule has 1 N–H and O–H groups in total. The summed E-state index contributed by atoms with van der Waals surface area (Å²) in [5, 5.41) is 10.1. The number of benzene rings is 1. The van der Waals surface area contributed by atoms with Crippen molar-refractivity contribution in [2.75, 3.05) is 13.3 Å². The predicted octanol–water partition coefficient (Wildman–Crippen LogP) is 1.27. The molecule has 0 bridgehead atoms. The van der Waals surface area contributed by atoms with Gasteiger partial charge in [0.05, 0.1) is 5.56 Å². The Morgan fingerprint density at radius 3 is 2.82 bits per heavy atom. The van der Waals surface area contributed by atoms with Gasteiger partial charge in [-0.15, -0.1) is 0 Å². The van der Waals surface area contributed by atoms with Crippen LogP contribution in [0.15, 0.2) is 12.1 Å². The van der Waals surface area contributed by atoms with Crippen LogP contribution in [0.5, 0.6) is 11.5 Å². The van der Waals surface area contributed by atoms with Gasteiger partial charge in [-0.25, -0.2) is 0 Å². The van der Waals surface area contributed by atoms with Gasteiger partial charge in [-0.1, -0.05) is 6.92 Å². The first-order valence-corrected chi connectivity index (χ1v) is 5.65. The number of nitrogens with zero attached hydrogens (tertiary/aromatic N) is 1. The van der Waals surface area contributed by atoms with E-state index in [0.29, 0.717) is 29.2 Å². The minimum atomic E-state index is -0.869. The molecule has 3 rings (SSSR count). The van der Waals surface area contributed by atoms with E-state index < -0.39 is 6.23 Å². The topological polar surface area (TPSA) is 59.0 Å². The molecule has 17 heavy (non-hydrogen) atoms. The van der Waals surface area contributed by atoms with Gasteiger partial charge in [0, 0.05) is 12.1 Å².